The van der Waals surface area contributed by atoms with Gasteiger partial charge in [0.25, 0.3) is 0 Å². The number of carbonyl (C=O) groups is 2. The number of carbonyl (C=O) groups excluding carboxylic acids is 2. The first-order valence-electron chi connectivity index (χ1n) is 7.10. The summed E-state index contributed by atoms with van der Waals surface area (Å²) in [6.45, 7) is 7.93. The standard InChI is InChI=1S/C14H24N2O3/c1-14(2,3)19-13(18)16-6-4-10(5-7-16)11-8-12(17)15-9-11/h10-11H,4-9H2,1-3H3,(H,15,17)/t11-/m0/s1. The molecule has 2 aliphatic heterocycles. The van der Waals surface area contributed by atoms with Crippen molar-refractivity contribution in [3.8, 4) is 0 Å². The van der Waals surface area contributed by atoms with Crippen LogP contribution in [-0.4, -0.2) is 42.1 Å². The molecule has 2 aliphatic rings. The minimum absolute atomic E-state index is 0.166. The molecule has 2 saturated heterocycles. The number of piperidine rings is 1. The van der Waals surface area contributed by atoms with Crippen LogP contribution < -0.4 is 5.32 Å². The van der Waals surface area contributed by atoms with Gasteiger partial charge in [0.2, 0.25) is 5.91 Å². The van der Waals surface area contributed by atoms with Crippen molar-refractivity contribution in [2.45, 2.75) is 45.6 Å². The minimum Gasteiger partial charge on any atom is -0.444 e. The van der Waals surface area contributed by atoms with Crippen LogP contribution in [0.3, 0.4) is 0 Å². The highest BCUT2D eigenvalue weighted by molar-refractivity contribution is 5.78. The molecule has 108 valence electrons. The average Bonchev–Trinajstić information content (AvgIpc) is 2.74. The molecule has 5 nitrogen and oxygen atoms in total. The third-order valence-electron chi connectivity index (χ3n) is 3.87. The predicted octanol–water partition coefficient (Wildman–Crippen LogP) is 1.77. The molecule has 1 N–H and O–H groups in total. The average molecular weight is 268 g/mol. The second-order valence-corrected chi connectivity index (χ2v) is 6.57. The molecule has 0 aromatic rings. The monoisotopic (exact) mass is 268 g/mol. The van der Waals surface area contributed by atoms with E-state index >= 15 is 0 Å². The highest BCUT2D eigenvalue weighted by Crippen LogP contribution is 2.29. The highest BCUT2D eigenvalue weighted by atomic mass is 16.6. The summed E-state index contributed by atoms with van der Waals surface area (Å²) in [5.74, 6) is 1.17. The Morgan fingerprint density at radius 1 is 1.26 bits per heavy atom. The molecule has 2 rings (SSSR count). The van der Waals surface area contributed by atoms with Crippen molar-refractivity contribution < 1.29 is 14.3 Å². The Balaban J connectivity index is 1.79. The van der Waals surface area contributed by atoms with Crippen LogP contribution in [0.2, 0.25) is 0 Å². The molecule has 0 saturated carbocycles. The third kappa shape index (κ3) is 3.85. The smallest absolute Gasteiger partial charge is 0.410 e. The second-order valence-electron chi connectivity index (χ2n) is 6.57. The Hall–Kier alpha value is -1.26. The van der Waals surface area contributed by atoms with E-state index in [1.165, 1.54) is 0 Å². The van der Waals surface area contributed by atoms with Crippen LogP contribution in [0, 0.1) is 11.8 Å². The summed E-state index contributed by atoms with van der Waals surface area (Å²) in [5, 5.41) is 2.89. The quantitative estimate of drug-likeness (QED) is 0.788. The van der Waals surface area contributed by atoms with Crippen LogP contribution in [0.25, 0.3) is 0 Å². The molecule has 19 heavy (non-hydrogen) atoms. The van der Waals surface area contributed by atoms with Crippen molar-refractivity contribution >= 4 is 12.0 Å². The zero-order chi connectivity index (χ0) is 14.0. The van der Waals surface area contributed by atoms with Gasteiger partial charge in [0.1, 0.15) is 5.60 Å². The summed E-state index contributed by atoms with van der Waals surface area (Å²) >= 11 is 0. The number of nitrogens with zero attached hydrogens (tertiary/aromatic N) is 1. The number of rotatable bonds is 1. The molecule has 0 aromatic carbocycles. The first kappa shape index (κ1) is 14.2. The summed E-state index contributed by atoms with van der Waals surface area (Å²) in [6, 6.07) is 0. The fraction of sp³-hybridized carbons (Fsp3) is 0.857. The van der Waals surface area contributed by atoms with Crippen molar-refractivity contribution in [3.63, 3.8) is 0 Å². The molecular weight excluding hydrogens is 244 g/mol. The number of amides is 2. The third-order valence-corrected chi connectivity index (χ3v) is 3.87. The van der Waals surface area contributed by atoms with E-state index in [1.807, 2.05) is 20.8 Å². The fourth-order valence-corrected chi connectivity index (χ4v) is 2.84. The van der Waals surface area contributed by atoms with Gasteiger partial charge in [-0.15, -0.1) is 0 Å². The first-order valence-corrected chi connectivity index (χ1v) is 7.10. The molecule has 2 heterocycles. The molecule has 0 radical (unpaired) electrons. The van der Waals surface area contributed by atoms with Gasteiger partial charge in [0, 0.05) is 26.1 Å². The lowest BCUT2D eigenvalue weighted by molar-refractivity contribution is -0.119. The van der Waals surface area contributed by atoms with Gasteiger partial charge in [-0.25, -0.2) is 4.79 Å². The van der Waals surface area contributed by atoms with E-state index in [9.17, 15) is 9.59 Å². The van der Waals surface area contributed by atoms with E-state index in [2.05, 4.69) is 5.32 Å². The van der Waals surface area contributed by atoms with Crippen LogP contribution >= 0.6 is 0 Å². The van der Waals surface area contributed by atoms with Gasteiger partial charge in [-0.1, -0.05) is 0 Å². The Bertz CT molecular complexity index is 354. The van der Waals surface area contributed by atoms with E-state index in [1.54, 1.807) is 4.90 Å². The van der Waals surface area contributed by atoms with E-state index in [4.69, 9.17) is 4.74 Å². The van der Waals surface area contributed by atoms with Crippen LogP contribution in [0.5, 0.6) is 0 Å². The summed E-state index contributed by atoms with van der Waals surface area (Å²) in [4.78, 5) is 24.9. The zero-order valence-corrected chi connectivity index (χ0v) is 12.1. The molecule has 5 heteroatoms. The fourth-order valence-electron chi connectivity index (χ4n) is 2.84. The van der Waals surface area contributed by atoms with Gasteiger partial charge >= 0.3 is 6.09 Å². The van der Waals surface area contributed by atoms with Crippen molar-refractivity contribution in [2.24, 2.45) is 11.8 Å². The van der Waals surface area contributed by atoms with Gasteiger partial charge in [0.15, 0.2) is 0 Å². The van der Waals surface area contributed by atoms with Gasteiger partial charge in [-0.2, -0.15) is 0 Å². The maximum Gasteiger partial charge on any atom is 0.410 e. The highest BCUT2D eigenvalue weighted by Gasteiger charge is 2.33. The lowest BCUT2D eigenvalue weighted by Gasteiger charge is -2.35. The van der Waals surface area contributed by atoms with E-state index in [0.717, 1.165) is 32.5 Å². The topological polar surface area (TPSA) is 58.6 Å². The molecule has 0 aliphatic carbocycles. The normalized spacial score (nSPS) is 25.3. The predicted molar refractivity (Wildman–Crippen MR) is 71.6 cm³/mol. The lowest BCUT2D eigenvalue weighted by atomic mass is 9.84. The maximum atomic E-state index is 11.9. The van der Waals surface area contributed by atoms with Crippen LogP contribution in [0.4, 0.5) is 4.79 Å². The largest absolute Gasteiger partial charge is 0.444 e. The molecule has 0 aromatic heterocycles. The van der Waals surface area contributed by atoms with Gasteiger partial charge in [-0.3, -0.25) is 4.79 Å². The van der Waals surface area contributed by atoms with Crippen molar-refractivity contribution in [3.05, 3.63) is 0 Å². The van der Waals surface area contributed by atoms with Crippen LogP contribution in [-0.2, 0) is 9.53 Å². The van der Waals surface area contributed by atoms with E-state index in [0.29, 0.717) is 18.3 Å². The molecule has 2 amide bonds. The SMILES string of the molecule is CC(C)(C)OC(=O)N1CCC([C@@H]2CNC(=O)C2)CC1. The van der Waals surface area contributed by atoms with Crippen LogP contribution in [0.1, 0.15) is 40.0 Å². The first-order chi connectivity index (χ1) is 8.85. The summed E-state index contributed by atoms with van der Waals surface area (Å²) in [7, 11) is 0. The van der Waals surface area contributed by atoms with Crippen molar-refractivity contribution in [1.82, 2.24) is 10.2 Å². The van der Waals surface area contributed by atoms with E-state index in [-0.39, 0.29) is 12.0 Å². The summed E-state index contributed by atoms with van der Waals surface area (Å²) < 4.78 is 5.38. The molecule has 1 atom stereocenters. The molecule has 2 fully saturated rings. The van der Waals surface area contributed by atoms with Crippen LogP contribution in [0.15, 0.2) is 0 Å². The zero-order valence-electron chi connectivity index (χ0n) is 12.1. The van der Waals surface area contributed by atoms with Crippen molar-refractivity contribution in [1.29, 1.82) is 0 Å². The summed E-state index contributed by atoms with van der Waals surface area (Å²) in [5.41, 5.74) is -0.435. The molecule has 0 unspecified atom stereocenters. The Morgan fingerprint density at radius 2 is 1.89 bits per heavy atom. The number of ether oxygens (including phenoxy) is 1. The number of nitrogens with one attached hydrogen (secondary N) is 1. The second kappa shape index (κ2) is 5.39. The number of hydrogen-bond donors (Lipinski definition) is 1. The lowest BCUT2D eigenvalue weighted by Crippen LogP contribution is -2.43. The molecule has 0 bridgehead atoms. The van der Waals surface area contributed by atoms with Gasteiger partial charge in [-0.05, 0) is 45.4 Å². The Labute approximate surface area is 114 Å². The van der Waals surface area contributed by atoms with E-state index < -0.39 is 5.60 Å². The Morgan fingerprint density at radius 3 is 2.37 bits per heavy atom. The van der Waals surface area contributed by atoms with Crippen molar-refractivity contribution in [2.75, 3.05) is 19.6 Å². The summed E-state index contributed by atoms with van der Waals surface area (Å²) in [6.07, 6.45) is 2.38. The minimum atomic E-state index is -0.435. The number of hydrogen-bond acceptors (Lipinski definition) is 3. The number of likely N-dealkylation sites (tertiary alicyclic amines) is 1. The Kier molecular flexibility index (Phi) is 4.02. The molecule has 0 spiro atoms. The van der Waals surface area contributed by atoms with Gasteiger partial charge < -0.3 is 15.0 Å². The van der Waals surface area contributed by atoms with Gasteiger partial charge in [0.05, 0.1) is 0 Å². The molecular formula is C14H24N2O3. The maximum absolute atomic E-state index is 11.9.